The van der Waals surface area contributed by atoms with E-state index in [0.717, 1.165) is 38.8 Å². The van der Waals surface area contributed by atoms with Crippen LogP contribution in [0.1, 0.15) is 25.7 Å². The first-order valence-corrected chi connectivity index (χ1v) is 9.34. The van der Waals surface area contributed by atoms with Crippen LogP contribution < -0.4 is 0 Å². The Hall–Kier alpha value is -0.690. The lowest BCUT2D eigenvalue weighted by molar-refractivity contribution is 0.118. The van der Waals surface area contributed by atoms with Gasteiger partial charge in [-0.3, -0.25) is 0 Å². The molecule has 0 N–H and O–H groups in total. The molecule has 0 atom stereocenters. The molecule has 0 unspecified atom stereocenters. The Bertz CT molecular complexity index is 672. The average molecular weight is 347 g/mol. The molecule has 3 rings (SSSR count). The minimum atomic E-state index is -3.86. The summed E-state index contributed by atoms with van der Waals surface area (Å²) in [7, 11) is -1.82. The SMILES string of the molecule is CN1CCC2(CCCN2S(=O)(=O)c2cccc(Cl)c2F)CC1. The summed E-state index contributed by atoms with van der Waals surface area (Å²) in [5.41, 5.74) is -0.361. The minimum Gasteiger partial charge on any atom is -0.306 e. The van der Waals surface area contributed by atoms with Gasteiger partial charge in [0.2, 0.25) is 10.0 Å². The number of hydrogen-bond acceptors (Lipinski definition) is 3. The normalized spacial score (nSPS) is 23.2. The molecular weight excluding hydrogens is 327 g/mol. The van der Waals surface area contributed by atoms with Crippen molar-refractivity contribution in [2.45, 2.75) is 36.1 Å². The Labute approximate surface area is 135 Å². The first-order valence-electron chi connectivity index (χ1n) is 7.52. The van der Waals surface area contributed by atoms with Gasteiger partial charge in [-0.15, -0.1) is 0 Å². The highest BCUT2D eigenvalue weighted by molar-refractivity contribution is 7.89. The second-order valence-electron chi connectivity index (χ2n) is 6.26. The fourth-order valence-electron chi connectivity index (χ4n) is 3.62. The quantitative estimate of drug-likeness (QED) is 0.826. The molecule has 122 valence electrons. The van der Waals surface area contributed by atoms with Crippen molar-refractivity contribution < 1.29 is 12.8 Å². The average Bonchev–Trinajstić information content (AvgIpc) is 2.89. The topological polar surface area (TPSA) is 40.6 Å². The smallest absolute Gasteiger partial charge is 0.246 e. The van der Waals surface area contributed by atoms with Crippen LogP contribution in [0.3, 0.4) is 0 Å². The maximum absolute atomic E-state index is 14.2. The molecule has 1 aromatic rings. The third kappa shape index (κ3) is 2.56. The number of halogens is 2. The highest BCUT2D eigenvalue weighted by Crippen LogP contribution is 2.42. The third-order valence-electron chi connectivity index (χ3n) is 4.93. The van der Waals surface area contributed by atoms with Crippen molar-refractivity contribution in [1.29, 1.82) is 0 Å². The standard InChI is InChI=1S/C15H20ClFN2O2S/c1-18-10-7-15(8-11-18)6-3-9-19(15)22(20,21)13-5-2-4-12(16)14(13)17/h2,4-5H,3,6-11H2,1H3. The molecule has 0 saturated carbocycles. The molecule has 2 heterocycles. The predicted molar refractivity (Wildman–Crippen MR) is 84.0 cm³/mol. The van der Waals surface area contributed by atoms with Gasteiger partial charge in [-0.05, 0) is 58.0 Å². The van der Waals surface area contributed by atoms with Gasteiger partial charge in [-0.1, -0.05) is 17.7 Å². The van der Waals surface area contributed by atoms with Crippen LogP contribution in [0.4, 0.5) is 4.39 Å². The molecule has 7 heteroatoms. The maximum atomic E-state index is 14.2. The molecule has 1 aromatic carbocycles. The zero-order chi connectivity index (χ0) is 16.0. The lowest BCUT2D eigenvalue weighted by Gasteiger charge is -2.43. The van der Waals surface area contributed by atoms with E-state index in [4.69, 9.17) is 11.6 Å². The number of hydrogen-bond donors (Lipinski definition) is 0. The molecular formula is C15H20ClFN2O2S. The van der Waals surface area contributed by atoms with Gasteiger partial charge in [0.1, 0.15) is 4.90 Å². The van der Waals surface area contributed by atoms with Gasteiger partial charge in [-0.2, -0.15) is 4.31 Å². The van der Waals surface area contributed by atoms with Gasteiger partial charge in [-0.25, -0.2) is 12.8 Å². The van der Waals surface area contributed by atoms with Crippen LogP contribution in [0.25, 0.3) is 0 Å². The molecule has 0 aliphatic carbocycles. The van der Waals surface area contributed by atoms with Crippen LogP contribution in [-0.4, -0.2) is 49.8 Å². The summed E-state index contributed by atoms with van der Waals surface area (Å²) in [5, 5.41) is -0.155. The Balaban J connectivity index is 1.99. The van der Waals surface area contributed by atoms with Gasteiger partial charge in [0.05, 0.1) is 5.02 Å². The summed E-state index contributed by atoms with van der Waals surface area (Å²) in [6.07, 6.45) is 3.27. The van der Waals surface area contributed by atoms with Gasteiger partial charge in [0, 0.05) is 12.1 Å². The molecule has 2 aliphatic heterocycles. The Kier molecular flexibility index (Phi) is 4.22. The highest BCUT2D eigenvalue weighted by Gasteiger charge is 2.49. The molecule has 2 fully saturated rings. The monoisotopic (exact) mass is 346 g/mol. The number of benzene rings is 1. The summed E-state index contributed by atoms with van der Waals surface area (Å²) in [6, 6.07) is 4.15. The fourth-order valence-corrected chi connectivity index (χ4v) is 5.83. The Morgan fingerprint density at radius 3 is 2.55 bits per heavy atom. The lowest BCUT2D eigenvalue weighted by atomic mass is 9.86. The van der Waals surface area contributed by atoms with Gasteiger partial charge in [0.15, 0.2) is 5.82 Å². The van der Waals surface area contributed by atoms with Gasteiger partial charge < -0.3 is 4.90 Å². The highest BCUT2D eigenvalue weighted by atomic mass is 35.5. The van der Waals surface area contributed by atoms with Crippen molar-refractivity contribution in [3.63, 3.8) is 0 Å². The van der Waals surface area contributed by atoms with Crippen molar-refractivity contribution in [3.05, 3.63) is 29.0 Å². The van der Waals surface area contributed by atoms with E-state index >= 15 is 0 Å². The Morgan fingerprint density at radius 2 is 1.86 bits per heavy atom. The number of nitrogens with zero attached hydrogens (tertiary/aromatic N) is 2. The van der Waals surface area contributed by atoms with Crippen LogP contribution in [-0.2, 0) is 10.0 Å². The molecule has 0 amide bonds. The number of sulfonamides is 1. The summed E-state index contributed by atoms with van der Waals surface area (Å²) in [4.78, 5) is 1.90. The lowest BCUT2D eigenvalue weighted by Crippen LogP contribution is -2.53. The van der Waals surface area contributed by atoms with Crippen LogP contribution in [0.15, 0.2) is 23.1 Å². The van der Waals surface area contributed by atoms with E-state index in [0.29, 0.717) is 6.54 Å². The van der Waals surface area contributed by atoms with Crippen molar-refractivity contribution in [2.24, 2.45) is 0 Å². The number of rotatable bonds is 2. The zero-order valence-electron chi connectivity index (χ0n) is 12.6. The minimum absolute atomic E-state index is 0.155. The molecule has 0 bridgehead atoms. The molecule has 2 aliphatic rings. The van der Waals surface area contributed by atoms with Crippen LogP contribution in [0, 0.1) is 5.82 Å². The predicted octanol–water partition coefficient (Wildman–Crippen LogP) is 2.73. The summed E-state index contributed by atoms with van der Waals surface area (Å²) >= 11 is 5.76. The second kappa shape index (κ2) is 5.74. The third-order valence-corrected chi connectivity index (χ3v) is 7.25. The molecule has 22 heavy (non-hydrogen) atoms. The van der Waals surface area contributed by atoms with Gasteiger partial charge in [0.25, 0.3) is 0 Å². The first kappa shape index (κ1) is 16.2. The molecule has 1 spiro atoms. The van der Waals surface area contributed by atoms with E-state index in [1.165, 1.54) is 22.5 Å². The first-order chi connectivity index (χ1) is 10.4. The zero-order valence-corrected chi connectivity index (χ0v) is 14.1. The van der Waals surface area contributed by atoms with Crippen molar-refractivity contribution in [3.8, 4) is 0 Å². The number of piperidine rings is 1. The van der Waals surface area contributed by atoms with Crippen LogP contribution >= 0.6 is 11.6 Å². The van der Waals surface area contributed by atoms with E-state index in [2.05, 4.69) is 4.90 Å². The molecule has 0 aromatic heterocycles. The summed E-state index contributed by atoms with van der Waals surface area (Å²) in [6.45, 7) is 2.19. The van der Waals surface area contributed by atoms with E-state index in [9.17, 15) is 12.8 Å². The van der Waals surface area contributed by atoms with E-state index in [1.807, 2.05) is 7.05 Å². The molecule has 0 radical (unpaired) electrons. The van der Waals surface area contributed by atoms with Crippen LogP contribution in [0.5, 0.6) is 0 Å². The van der Waals surface area contributed by atoms with Crippen molar-refractivity contribution >= 4 is 21.6 Å². The molecule has 2 saturated heterocycles. The number of likely N-dealkylation sites (tertiary alicyclic amines) is 1. The van der Waals surface area contributed by atoms with Crippen molar-refractivity contribution in [1.82, 2.24) is 9.21 Å². The second-order valence-corrected chi connectivity index (χ2v) is 8.50. The summed E-state index contributed by atoms with van der Waals surface area (Å²) < 4.78 is 41.7. The van der Waals surface area contributed by atoms with E-state index < -0.39 is 15.8 Å². The summed E-state index contributed by atoms with van der Waals surface area (Å²) in [5.74, 6) is -0.848. The Morgan fingerprint density at radius 1 is 1.18 bits per heavy atom. The maximum Gasteiger partial charge on any atom is 0.246 e. The van der Waals surface area contributed by atoms with E-state index in [1.54, 1.807) is 0 Å². The van der Waals surface area contributed by atoms with Gasteiger partial charge >= 0.3 is 0 Å². The molecule has 4 nitrogen and oxygen atoms in total. The largest absolute Gasteiger partial charge is 0.306 e. The van der Waals surface area contributed by atoms with Crippen LogP contribution in [0.2, 0.25) is 5.02 Å². The van der Waals surface area contributed by atoms with E-state index in [-0.39, 0.29) is 15.5 Å². The van der Waals surface area contributed by atoms with Crippen molar-refractivity contribution in [2.75, 3.05) is 26.7 Å². The fraction of sp³-hybridized carbons (Fsp3) is 0.600.